The molecular formula is C20H20ClF6NOS. The first-order valence-corrected chi connectivity index (χ1v) is 10.2. The van der Waals surface area contributed by atoms with E-state index in [0.717, 1.165) is 5.56 Å². The second-order valence-electron chi connectivity index (χ2n) is 7.94. The van der Waals surface area contributed by atoms with Crippen molar-refractivity contribution in [3.05, 3.63) is 57.1 Å². The summed E-state index contributed by atoms with van der Waals surface area (Å²) in [6.07, 6.45) is -10.2. The Bertz CT molecular complexity index is 927. The molecule has 1 N–H and O–H groups in total. The molecule has 2 aromatic rings. The number of hydrogen-bond acceptors (Lipinski definition) is 2. The third-order valence-corrected chi connectivity index (χ3v) is 6.25. The van der Waals surface area contributed by atoms with Crippen LogP contribution in [-0.4, -0.2) is 4.55 Å². The fraction of sp³-hybridized carbons (Fsp3) is 0.400. The van der Waals surface area contributed by atoms with Crippen LogP contribution in [-0.2, 0) is 29.1 Å². The van der Waals surface area contributed by atoms with Gasteiger partial charge in [0.15, 0.2) is 4.90 Å². The molecule has 1 atom stereocenters. The van der Waals surface area contributed by atoms with Crippen LogP contribution in [0.5, 0.6) is 0 Å². The number of halogens is 7. The van der Waals surface area contributed by atoms with E-state index in [1.165, 1.54) is 0 Å². The highest BCUT2D eigenvalue weighted by molar-refractivity contribution is 7.92. The first-order valence-electron chi connectivity index (χ1n) is 8.71. The largest absolute Gasteiger partial charge is 0.588 e. The molecule has 0 heterocycles. The number of benzene rings is 2. The van der Waals surface area contributed by atoms with Crippen LogP contribution in [0.4, 0.5) is 32.0 Å². The van der Waals surface area contributed by atoms with E-state index in [2.05, 4.69) is 4.72 Å². The molecule has 10 heteroatoms. The van der Waals surface area contributed by atoms with Crippen LogP contribution in [0.3, 0.4) is 0 Å². The van der Waals surface area contributed by atoms with Gasteiger partial charge in [-0.3, -0.25) is 0 Å². The van der Waals surface area contributed by atoms with Crippen LogP contribution in [0.25, 0.3) is 0 Å². The molecule has 0 saturated carbocycles. The molecule has 0 bridgehead atoms. The molecule has 2 rings (SSSR count). The number of hydrogen-bond donors (Lipinski definition) is 1. The summed E-state index contributed by atoms with van der Waals surface area (Å²) in [5.41, 5.74) is -1.99. The molecule has 0 spiro atoms. The Morgan fingerprint density at radius 1 is 0.833 bits per heavy atom. The van der Waals surface area contributed by atoms with Crippen molar-refractivity contribution in [3.63, 3.8) is 0 Å². The van der Waals surface area contributed by atoms with E-state index in [1.54, 1.807) is 26.0 Å². The fourth-order valence-corrected chi connectivity index (χ4v) is 4.38. The lowest BCUT2D eigenvalue weighted by molar-refractivity contribution is -0.142. The van der Waals surface area contributed by atoms with Gasteiger partial charge in [0.2, 0.25) is 0 Å². The van der Waals surface area contributed by atoms with Crippen molar-refractivity contribution in [2.24, 2.45) is 0 Å². The van der Waals surface area contributed by atoms with Gasteiger partial charge in [0, 0.05) is 11.1 Å². The molecule has 2 nitrogen and oxygen atoms in total. The molecule has 1 unspecified atom stereocenters. The topological polar surface area (TPSA) is 35.1 Å². The Morgan fingerprint density at radius 3 is 1.73 bits per heavy atom. The summed E-state index contributed by atoms with van der Waals surface area (Å²) in [5, 5.41) is -0.981. The van der Waals surface area contributed by atoms with Gasteiger partial charge in [-0.2, -0.15) is 26.3 Å². The lowest BCUT2D eigenvalue weighted by Crippen LogP contribution is -2.20. The van der Waals surface area contributed by atoms with E-state index in [9.17, 15) is 30.9 Å². The summed E-state index contributed by atoms with van der Waals surface area (Å²) in [6, 6.07) is 3.93. The van der Waals surface area contributed by atoms with Crippen LogP contribution >= 0.6 is 11.6 Å². The second kappa shape index (κ2) is 8.16. The smallest absolute Gasteiger partial charge is 0.417 e. The van der Waals surface area contributed by atoms with Crippen LogP contribution in [0.1, 0.15) is 48.6 Å². The zero-order valence-electron chi connectivity index (χ0n) is 16.8. The van der Waals surface area contributed by atoms with Crippen LogP contribution in [0.15, 0.2) is 29.2 Å². The molecule has 0 saturated heterocycles. The number of rotatable bonds is 3. The highest BCUT2D eigenvalue weighted by Gasteiger charge is 2.40. The summed E-state index contributed by atoms with van der Waals surface area (Å²) in [7, 11) is 0. The summed E-state index contributed by atoms with van der Waals surface area (Å²) in [6.45, 7) is 9.30. The molecule has 0 amide bonds. The van der Waals surface area contributed by atoms with Gasteiger partial charge in [-0.15, -0.1) is 0 Å². The maximum Gasteiger partial charge on any atom is 0.417 e. The number of alkyl halides is 6. The Morgan fingerprint density at radius 2 is 1.33 bits per heavy atom. The minimum absolute atomic E-state index is 0.0644. The van der Waals surface area contributed by atoms with Crippen molar-refractivity contribution < 1.29 is 30.9 Å². The predicted molar refractivity (Wildman–Crippen MR) is 106 cm³/mol. The zero-order chi connectivity index (χ0) is 23.2. The van der Waals surface area contributed by atoms with Gasteiger partial charge in [0.1, 0.15) is 17.0 Å². The molecule has 0 aliphatic heterocycles. The lowest BCUT2D eigenvalue weighted by Gasteiger charge is -2.23. The normalized spacial score (nSPS) is 14.0. The standard InChI is InChI=1S/C20H20ClF6NOS/c1-10-6-12(18(3,4)5)7-11(2)17(10)30(29)28-15-9-13(19(22,23)24)8-14(16(15)21)20(25,26)27/h6-9,28H,1-5H3. The Kier molecular flexibility index (Phi) is 6.72. The number of nitrogens with one attached hydrogen (secondary N) is 1. The summed E-state index contributed by atoms with van der Waals surface area (Å²) in [4.78, 5) is 0.269. The summed E-state index contributed by atoms with van der Waals surface area (Å²) < 4.78 is 94.0. The highest BCUT2D eigenvalue weighted by atomic mass is 35.5. The molecular weight excluding hydrogens is 452 g/mol. The molecule has 0 fully saturated rings. The Labute approximate surface area is 178 Å². The van der Waals surface area contributed by atoms with Crippen molar-refractivity contribution in [3.8, 4) is 0 Å². The van der Waals surface area contributed by atoms with E-state index in [1.807, 2.05) is 20.8 Å². The SMILES string of the molecule is Cc1cc(C(C)(C)C)cc(C)c1[S+]([O-])Nc1cc(C(F)(F)F)cc(C(F)(F)F)c1Cl. The number of aryl methyl sites for hydroxylation is 2. The molecule has 30 heavy (non-hydrogen) atoms. The zero-order valence-corrected chi connectivity index (χ0v) is 18.3. The average Bonchev–Trinajstić information content (AvgIpc) is 2.52. The van der Waals surface area contributed by atoms with Crippen molar-refractivity contribution in [2.45, 2.75) is 57.3 Å². The molecule has 0 radical (unpaired) electrons. The van der Waals surface area contributed by atoms with Crippen LogP contribution < -0.4 is 4.72 Å². The summed E-state index contributed by atoms with van der Waals surface area (Å²) >= 11 is 3.59. The van der Waals surface area contributed by atoms with Crippen LogP contribution in [0.2, 0.25) is 5.02 Å². The van der Waals surface area contributed by atoms with Gasteiger partial charge < -0.3 is 4.55 Å². The third kappa shape index (κ3) is 5.36. The second-order valence-corrected chi connectivity index (χ2v) is 9.47. The first kappa shape index (κ1) is 24.7. The van der Waals surface area contributed by atoms with Gasteiger partial charge in [-0.1, -0.05) is 44.5 Å². The van der Waals surface area contributed by atoms with Gasteiger partial charge in [0.25, 0.3) is 0 Å². The molecule has 0 aliphatic rings. The molecule has 2 aromatic carbocycles. The minimum atomic E-state index is -5.11. The van der Waals surface area contributed by atoms with Gasteiger partial charge in [-0.25, -0.2) is 4.72 Å². The van der Waals surface area contributed by atoms with Gasteiger partial charge in [-0.05, 0) is 37.0 Å². The lowest BCUT2D eigenvalue weighted by atomic mass is 9.85. The van der Waals surface area contributed by atoms with Crippen molar-refractivity contribution in [1.82, 2.24) is 0 Å². The quantitative estimate of drug-likeness (QED) is 0.373. The third-order valence-electron chi connectivity index (χ3n) is 4.42. The monoisotopic (exact) mass is 471 g/mol. The molecule has 0 aromatic heterocycles. The average molecular weight is 472 g/mol. The highest BCUT2D eigenvalue weighted by Crippen LogP contribution is 2.43. The van der Waals surface area contributed by atoms with E-state index in [-0.39, 0.29) is 16.4 Å². The Balaban J connectivity index is 2.55. The Hall–Kier alpha value is -1.58. The fourth-order valence-electron chi connectivity index (χ4n) is 2.90. The summed E-state index contributed by atoms with van der Waals surface area (Å²) in [5.74, 6) is 0. The van der Waals surface area contributed by atoms with E-state index >= 15 is 0 Å². The van der Waals surface area contributed by atoms with Crippen molar-refractivity contribution >= 4 is 28.7 Å². The van der Waals surface area contributed by atoms with Crippen LogP contribution in [0, 0.1) is 13.8 Å². The van der Waals surface area contributed by atoms with Gasteiger partial charge >= 0.3 is 12.4 Å². The van der Waals surface area contributed by atoms with E-state index in [4.69, 9.17) is 11.6 Å². The molecule has 0 aliphatic carbocycles. The van der Waals surface area contributed by atoms with E-state index < -0.39 is 45.6 Å². The van der Waals surface area contributed by atoms with Crippen molar-refractivity contribution in [1.29, 1.82) is 0 Å². The first-order chi connectivity index (χ1) is 13.4. The predicted octanol–water partition coefficient (Wildman–Crippen LogP) is 7.43. The maximum absolute atomic E-state index is 13.2. The van der Waals surface area contributed by atoms with Crippen molar-refractivity contribution in [2.75, 3.05) is 4.72 Å². The number of anilines is 1. The minimum Gasteiger partial charge on any atom is -0.588 e. The molecule has 166 valence electrons. The maximum atomic E-state index is 13.2. The van der Waals surface area contributed by atoms with E-state index in [0.29, 0.717) is 17.2 Å². The van der Waals surface area contributed by atoms with Gasteiger partial charge in [0.05, 0.1) is 16.1 Å².